The molecule has 0 aromatic carbocycles. The molecule has 1 amide bonds. The van der Waals surface area contributed by atoms with Gasteiger partial charge in [-0.1, -0.05) is 26.2 Å². The van der Waals surface area contributed by atoms with Crippen molar-refractivity contribution in [3.05, 3.63) is 12.2 Å². The minimum atomic E-state index is -0.163. The molecular weight excluding hydrogens is 204 g/mol. The van der Waals surface area contributed by atoms with Gasteiger partial charge in [-0.05, 0) is 18.3 Å². The van der Waals surface area contributed by atoms with Crippen LogP contribution in [0, 0.1) is 5.41 Å². The van der Waals surface area contributed by atoms with Gasteiger partial charge in [0.25, 0.3) is 5.91 Å². The van der Waals surface area contributed by atoms with Gasteiger partial charge in [0.2, 0.25) is 5.82 Å². The molecular formula is C11H18N4O. The number of rotatable bonds is 3. The van der Waals surface area contributed by atoms with Crippen molar-refractivity contribution in [1.82, 2.24) is 20.5 Å². The van der Waals surface area contributed by atoms with Crippen LogP contribution in [0.1, 0.15) is 49.6 Å². The molecule has 0 atom stereocenters. The molecule has 5 heteroatoms. The molecule has 1 aliphatic carbocycles. The number of H-pyrrole nitrogens is 1. The molecule has 5 nitrogen and oxygen atoms in total. The van der Waals surface area contributed by atoms with E-state index in [1.807, 2.05) is 0 Å². The topological polar surface area (TPSA) is 70.7 Å². The quantitative estimate of drug-likeness (QED) is 0.814. The average molecular weight is 222 g/mol. The van der Waals surface area contributed by atoms with E-state index in [0.29, 0.717) is 5.82 Å². The highest BCUT2D eigenvalue weighted by molar-refractivity contribution is 5.90. The summed E-state index contributed by atoms with van der Waals surface area (Å²) in [6.45, 7) is 2.97. The molecule has 0 spiro atoms. The Labute approximate surface area is 95.0 Å². The van der Waals surface area contributed by atoms with Gasteiger partial charge in [-0.25, -0.2) is 4.98 Å². The monoisotopic (exact) mass is 222 g/mol. The Morgan fingerprint density at radius 3 is 2.88 bits per heavy atom. The smallest absolute Gasteiger partial charge is 0.288 e. The van der Waals surface area contributed by atoms with Crippen LogP contribution in [0.25, 0.3) is 0 Å². The molecule has 1 heterocycles. The number of aromatic nitrogens is 3. The molecule has 1 fully saturated rings. The zero-order chi connectivity index (χ0) is 11.4. The second-order valence-electron chi connectivity index (χ2n) is 4.89. The number of nitrogens with zero attached hydrogens (tertiary/aromatic N) is 2. The largest absolute Gasteiger partial charge is 0.349 e. The Bertz CT molecular complexity index is 341. The molecule has 1 aromatic heterocycles. The van der Waals surface area contributed by atoms with E-state index < -0.39 is 0 Å². The zero-order valence-electron chi connectivity index (χ0n) is 9.62. The van der Waals surface area contributed by atoms with Crippen LogP contribution < -0.4 is 5.32 Å². The molecule has 0 aliphatic heterocycles. The molecule has 1 aliphatic rings. The number of aromatic amines is 1. The first-order chi connectivity index (χ1) is 7.70. The van der Waals surface area contributed by atoms with E-state index >= 15 is 0 Å². The van der Waals surface area contributed by atoms with Crippen LogP contribution in [-0.4, -0.2) is 27.6 Å². The third kappa shape index (κ3) is 2.59. The molecule has 16 heavy (non-hydrogen) atoms. The van der Waals surface area contributed by atoms with Crippen molar-refractivity contribution >= 4 is 5.91 Å². The Balaban J connectivity index is 1.84. The van der Waals surface area contributed by atoms with Gasteiger partial charge in [-0.15, -0.1) is 0 Å². The number of carbonyl (C=O) groups is 1. The maximum atomic E-state index is 11.6. The van der Waals surface area contributed by atoms with Crippen LogP contribution in [0.3, 0.4) is 0 Å². The van der Waals surface area contributed by atoms with Crippen LogP contribution in [0.4, 0.5) is 0 Å². The van der Waals surface area contributed by atoms with E-state index in [9.17, 15) is 4.79 Å². The summed E-state index contributed by atoms with van der Waals surface area (Å²) >= 11 is 0. The van der Waals surface area contributed by atoms with Crippen molar-refractivity contribution in [2.45, 2.75) is 39.0 Å². The van der Waals surface area contributed by atoms with Crippen LogP contribution in [0.5, 0.6) is 0 Å². The van der Waals surface area contributed by atoms with Crippen molar-refractivity contribution in [2.24, 2.45) is 5.41 Å². The maximum Gasteiger partial charge on any atom is 0.288 e. The lowest BCUT2D eigenvalue weighted by Crippen LogP contribution is -2.37. The predicted molar refractivity (Wildman–Crippen MR) is 59.9 cm³/mol. The summed E-state index contributed by atoms with van der Waals surface area (Å²) in [6.07, 6.45) is 7.61. The van der Waals surface area contributed by atoms with E-state index in [1.54, 1.807) is 0 Å². The summed E-state index contributed by atoms with van der Waals surface area (Å²) < 4.78 is 0. The molecule has 1 aromatic rings. The summed E-state index contributed by atoms with van der Waals surface area (Å²) in [4.78, 5) is 15.5. The highest BCUT2D eigenvalue weighted by Crippen LogP contribution is 2.34. The minimum absolute atomic E-state index is 0.163. The number of hydrogen-bond donors (Lipinski definition) is 2. The standard InChI is InChI=1S/C11H18N4O/c1-11(5-3-2-4-6-11)7-12-10(16)9-13-8-14-15-9/h8H,2-7H2,1H3,(H,12,16)(H,13,14,15). The first kappa shape index (κ1) is 11.1. The van der Waals surface area contributed by atoms with E-state index in [0.717, 1.165) is 6.54 Å². The average Bonchev–Trinajstić information content (AvgIpc) is 2.80. The van der Waals surface area contributed by atoms with Crippen LogP contribution >= 0.6 is 0 Å². The second kappa shape index (κ2) is 4.63. The van der Waals surface area contributed by atoms with E-state index in [1.165, 1.54) is 38.4 Å². The van der Waals surface area contributed by atoms with Crippen molar-refractivity contribution in [1.29, 1.82) is 0 Å². The minimum Gasteiger partial charge on any atom is -0.349 e. The van der Waals surface area contributed by atoms with Gasteiger partial charge in [-0.3, -0.25) is 9.89 Å². The van der Waals surface area contributed by atoms with Gasteiger partial charge in [0.15, 0.2) is 0 Å². The summed E-state index contributed by atoms with van der Waals surface area (Å²) in [5.41, 5.74) is 0.258. The normalized spacial score (nSPS) is 19.3. The summed E-state index contributed by atoms with van der Waals surface area (Å²) in [5.74, 6) is 0.128. The number of nitrogens with one attached hydrogen (secondary N) is 2. The molecule has 2 rings (SSSR count). The summed E-state index contributed by atoms with van der Waals surface area (Å²) in [7, 11) is 0. The van der Waals surface area contributed by atoms with Crippen molar-refractivity contribution in [3.63, 3.8) is 0 Å². The molecule has 0 saturated heterocycles. The van der Waals surface area contributed by atoms with Gasteiger partial charge in [-0.2, -0.15) is 5.10 Å². The van der Waals surface area contributed by atoms with E-state index in [-0.39, 0.29) is 11.3 Å². The summed E-state index contributed by atoms with van der Waals surface area (Å²) in [5, 5.41) is 9.15. The fraction of sp³-hybridized carbons (Fsp3) is 0.727. The van der Waals surface area contributed by atoms with Crippen molar-refractivity contribution in [3.8, 4) is 0 Å². The van der Waals surface area contributed by atoms with Crippen molar-refractivity contribution in [2.75, 3.05) is 6.54 Å². The lowest BCUT2D eigenvalue weighted by atomic mass is 9.76. The first-order valence-corrected chi connectivity index (χ1v) is 5.83. The van der Waals surface area contributed by atoms with Crippen LogP contribution in [0.15, 0.2) is 6.33 Å². The highest BCUT2D eigenvalue weighted by atomic mass is 16.2. The first-order valence-electron chi connectivity index (χ1n) is 5.83. The SMILES string of the molecule is CC1(CNC(=O)c2ncn[nH]2)CCCCC1. The van der Waals surface area contributed by atoms with Gasteiger partial charge >= 0.3 is 0 Å². The van der Waals surface area contributed by atoms with Crippen molar-refractivity contribution < 1.29 is 4.79 Å². The highest BCUT2D eigenvalue weighted by Gasteiger charge is 2.27. The molecule has 0 bridgehead atoms. The Kier molecular flexibility index (Phi) is 3.22. The predicted octanol–water partition coefficient (Wildman–Crippen LogP) is 1.50. The fourth-order valence-corrected chi connectivity index (χ4v) is 2.27. The number of carbonyl (C=O) groups excluding carboxylic acids is 1. The van der Waals surface area contributed by atoms with Crippen LogP contribution in [-0.2, 0) is 0 Å². The number of hydrogen-bond acceptors (Lipinski definition) is 3. The Morgan fingerprint density at radius 2 is 2.25 bits per heavy atom. The van der Waals surface area contributed by atoms with Crippen LogP contribution in [0.2, 0.25) is 0 Å². The van der Waals surface area contributed by atoms with Gasteiger partial charge in [0, 0.05) is 6.54 Å². The van der Waals surface area contributed by atoms with Gasteiger partial charge in [0.1, 0.15) is 6.33 Å². The van der Waals surface area contributed by atoms with Gasteiger partial charge in [0.05, 0.1) is 0 Å². The lowest BCUT2D eigenvalue weighted by molar-refractivity contribution is 0.0909. The molecule has 1 saturated carbocycles. The summed E-state index contributed by atoms with van der Waals surface area (Å²) in [6, 6.07) is 0. The maximum absolute atomic E-state index is 11.6. The van der Waals surface area contributed by atoms with Gasteiger partial charge < -0.3 is 5.32 Å². The second-order valence-corrected chi connectivity index (χ2v) is 4.89. The Morgan fingerprint density at radius 1 is 1.50 bits per heavy atom. The third-order valence-electron chi connectivity index (χ3n) is 3.37. The van der Waals surface area contributed by atoms with E-state index in [4.69, 9.17) is 0 Å². The molecule has 2 N–H and O–H groups in total. The molecule has 88 valence electrons. The fourth-order valence-electron chi connectivity index (χ4n) is 2.27. The zero-order valence-corrected chi connectivity index (χ0v) is 9.62. The van der Waals surface area contributed by atoms with E-state index in [2.05, 4.69) is 27.4 Å². The Hall–Kier alpha value is -1.39. The lowest BCUT2D eigenvalue weighted by Gasteiger charge is -2.33. The molecule has 0 unspecified atom stereocenters. The third-order valence-corrected chi connectivity index (χ3v) is 3.37. The molecule has 0 radical (unpaired) electrons. The number of amides is 1.